The molecule has 0 atom stereocenters. The molecule has 1 heterocycles. The maximum Gasteiger partial charge on any atom is 0.312 e. The van der Waals surface area contributed by atoms with Crippen molar-refractivity contribution in [3.05, 3.63) is 18.0 Å². The fourth-order valence-electron chi connectivity index (χ4n) is 1.09. The second-order valence-electron chi connectivity index (χ2n) is 3.06. The largest absolute Gasteiger partial charge is 0.466 e. The average molecular weight is 218 g/mol. The SMILES string of the molecule is CCOC(=O)CC(F)(F)c1ccn(C)n1. The molecule has 0 spiro atoms. The van der Waals surface area contributed by atoms with Crippen LogP contribution >= 0.6 is 0 Å². The number of nitrogens with zero attached hydrogens (tertiary/aromatic N) is 2. The van der Waals surface area contributed by atoms with Gasteiger partial charge in [0.1, 0.15) is 12.1 Å². The average Bonchev–Trinajstić information content (AvgIpc) is 2.51. The highest BCUT2D eigenvalue weighted by molar-refractivity contribution is 5.70. The van der Waals surface area contributed by atoms with Crippen LogP contribution in [0.1, 0.15) is 19.0 Å². The molecule has 0 radical (unpaired) electrons. The van der Waals surface area contributed by atoms with Crippen molar-refractivity contribution in [3.63, 3.8) is 0 Å². The number of rotatable bonds is 4. The van der Waals surface area contributed by atoms with E-state index in [0.29, 0.717) is 0 Å². The smallest absolute Gasteiger partial charge is 0.312 e. The first-order valence-corrected chi connectivity index (χ1v) is 4.49. The summed E-state index contributed by atoms with van der Waals surface area (Å²) in [6.45, 7) is 1.66. The van der Waals surface area contributed by atoms with Crippen molar-refractivity contribution in [1.82, 2.24) is 9.78 Å². The van der Waals surface area contributed by atoms with Crippen molar-refractivity contribution < 1.29 is 18.3 Å². The van der Waals surface area contributed by atoms with Crippen LogP contribution in [0.25, 0.3) is 0 Å². The Hall–Kier alpha value is -1.46. The Balaban J connectivity index is 2.70. The van der Waals surface area contributed by atoms with E-state index in [-0.39, 0.29) is 6.61 Å². The van der Waals surface area contributed by atoms with E-state index in [4.69, 9.17) is 0 Å². The molecule has 84 valence electrons. The highest BCUT2D eigenvalue weighted by Crippen LogP contribution is 2.30. The molecule has 6 heteroatoms. The molecule has 1 aromatic rings. The van der Waals surface area contributed by atoms with Gasteiger partial charge in [0.05, 0.1) is 6.61 Å². The highest BCUT2D eigenvalue weighted by atomic mass is 19.3. The van der Waals surface area contributed by atoms with Gasteiger partial charge in [0, 0.05) is 13.2 Å². The van der Waals surface area contributed by atoms with Crippen LogP contribution < -0.4 is 0 Å². The van der Waals surface area contributed by atoms with Crippen LogP contribution in [0.4, 0.5) is 8.78 Å². The molecule has 1 aromatic heterocycles. The van der Waals surface area contributed by atoms with E-state index in [1.165, 1.54) is 24.0 Å². The summed E-state index contributed by atoms with van der Waals surface area (Å²) in [6.07, 6.45) is 0.423. The van der Waals surface area contributed by atoms with Gasteiger partial charge in [-0.25, -0.2) is 0 Å². The molecule has 0 saturated carbocycles. The Bertz CT molecular complexity index is 350. The summed E-state index contributed by atoms with van der Waals surface area (Å²) in [7, 11) is 1.53. The number of aryl methyl sites for hydroxylation is 1. The summed E-state index contributed by atoms with van der Waals surface area (Å²) in [4.78, 5) is 10.9. The van der Waals surface area contributed by atoms with Gasteiger partial charge >= 0.3 is 11.9 Å². The predicted molar refractivity (Wildman–Crippen MR) is 48.4 cm³/mol. The number of hydrogen-bond donors (Lipinski definition) is 0. The van der Waals surface area contributed by atoms with Crippen molar-refractivity contribution in [2.75, 3.05) is 6.61 Å². The Morgan fingerprint density at radius 1 is 1.67 bits per heavy atom. The molecule has 15 heavy (non-hydrogen) atoms. The number of halogens is 2. The van der Waals surface area contributed by atoms with Crippen LogP contribution in [0.5, 0.6) is 0 Å². The van der Waals surface area contributed by atoms with E-state index in [2.05, 4.69) is 9.84 Å². The normalized spacial score (nSPS) is 11.5. The summed E-state index contributed by atoms with van der Waals surface area (Å²) in [5.74, 6) is -4.19. The molecule has 0 aliphatic rings. The first kappa shape index (κ1) is 11.6. The summed E-state index contributed by atoms with van der Waals surface area (Å²) in [6, 6.07) is 1.18. The quantitative estimate of drug-likeness (QED) is 0.719. The van der Waals surface area contributed by atoms with Gasteiger partial charge in [0.2, 0.25) is 0 Å². The van der Waals surface area contributed by atoms with Crippen LogP contribution in [0.3, 0.4) is 0 Å². The minimum atomic E-state index is -3.27. The number of carbonyl (C=O) groups excluding carboxylic acids is 1. The first-order valence-electron chi connectivity index (χ1n) is 4.49. The van der Waals surface area contributed by atoms with Crippen LogP contribution in [0.15, 0.2) is 12.3 Å². The Morgan fingerprint density at radius 2 is 2.33 bits per heavy atom. The number of hydrogen-bond acceptors (Lipinski definition) is 3. The van der Waals surface area contributed by atoms with Gasteiger partial charge < -0.3 is 4.74 Å². The summed E-state index contributed by atoms with van der Waals surface area (Å²) < 4.78 is 32.4. The molecule has 0 aliphatic heterocycles. The van der Waals surface area contributed by atoms with Crippen molar-refractivity contribution in [1.29, 1.82) is 0 Å². The maximum absolute atomic E-state index is 13.4. The van der Waals surface area contributed by atoms with E-state index in [0.717, 1.165) is 0 Å². The highest BCUT2D eigenvalue weighted by Gasteiger charge is 2.37. The van der Waals surface area contributed by atoms with E-state index in [9.17, 15) is 13.6 Å². The molecule has 0 aromatic carbocycles. The Kier molecular flexibility index (Phi) is 3.39. The number of carbonyl (C=O) groups is 1. The van der Waals surface area contributed by atoms with Crippen molar-refractivity contribution in [2.45, 2.75) is 19.3 Å². The number of esters is 1. The molecule has 1 rings (SSSR count). The zero-order valence-electron chi connectivity index (χ0n) is 8.54. The summed E-state index contributed by atoms with van der Waals surface area (Å²) >= 11 is 0. The predicted octanol–water partition coefficient (Wildman–Crippen LogP) is 1.47. The van der Waals surface area contributed by atoms with Gasteiger partial charge in [0.15, 0.2) is 0 Å². The zero-order valence-corrected chi connectivity index (χ0v) is 8.54. The Morgan fingerprint density at radius 3 is 2.80 bits per heavy atom. The molecular weight excluding hydrogens is 206 g/mol. The molecular formula is C9H12F2N2O2. The van der Waals surface area contributed by atoms with Crippen molar-refractivity contribution in [2.24, 2.45) is 7.05 Å². The second-order valence-corrected chi connectivity index (χ2v) is 3.06. The summed E-state index contributed by atoms with van der Waals surface area (Å²) in [5, 5.41) is 3.55. The molecule has 0 aliphatic carbocycles. The van der Waals surface area contributed by atoms with Crippen LogP contribution in [0.2, 0.25) is 0 Å². The lowest BCUT2D eigenvalue weighted by Crippen LogP contribution is -2.21. The van der Waals surface area contributed by atoms with Crippen LogP contribution in [-0.2, 0) is 22.5 Å². The minimum Gasteiger partial charge on any atom is -0.466 e. The lowest BCUT2D eigenvalue weighted by atomic mass is 10.2. The standard InChI is InChI=1S/C9H12F2N2O2/c1-3-15-8(14)6-9(10,11)7-4-5-13(2)12-7/h4-5H,3,6H2,1-2H3. The third-order valence-electron chi connectivity index (χ3n) is 1.76. The zero-order chi connectivity index (χ0) is 11.5. The third-order valence-corrected chi connectivity index (χ3v) is 1.76. The minimum absolute atomic E-state index is 0.0944. The molecule has 0 bridgehead atoms. The monoisotopic (exact) mass is 218 g/mol. The van der Waals surface area contributed by atoms with Crippen LogP contribution in [0, 0.1) is 0 Å². The first-order chi connectivity index (χ1) is 6.95. The molecule has 0 saturated heterocycles. The van der Waals surface area contributed by atoms with Gasteiger partial charge in [-0.1, -0.05) is 0 Å². The second kappa shape index (κ2) is 4.37. The van der Waals surface area contributed by atoms with Gasteiger partial charge in [-0.15, -0.1) is 0 Å². The van der Waals surface area contributed by atoms with Gasteiger partial charge in [-0.05, 0) is 13.0 Å². The Labute approximate surface area is 85.8 Å². The van der Waals surface area contributed by atoms with Crippen LogP contribution in [-0.4, -0.2) is 22.4 Å². The van der Waals surface area contributed by atoms with Crippen molar-refractivity contribution in [3.8, 4) is 0 Å². The number of ether oxygens (including phenoxy) is 1. The third kappa shape index (κ3) is 3.00. The topological polar surface area (TPSA) is 44.1 Å². The van der Waals surface area contributed by atoms with Gasteiger partial charge in [-0.2, -0.15) is 13.9 Å². The molecule has 0 fully saturated rings. The fraction of sp³-hybridized carbons (Fsp3) is 0.556. The maximum atomic E-state index is 13.4. The molecule has 0 N–H and O–H groups in total. The fourth-order valence-corrected chi connectivity index (χ4v) is 1.09. The number of aromatic nitrogens is 2. The lowest BCUT2D eigenvalue weighted by molar-refractivity contribution is -0.152. The number of alkyl halides is 2. The van der Waals surface area contributed by atoms with E-state index in [1.807, 2.05) is 0 Å². The molecule has 0 unspecified atom stereocenters. The van der Waals surface area contributed by atoms with Gasteiger partial charge in [0.25, 0.3) is 0 Å². The van der Waals surface area contributed by atoms with E-state index < -0.39 is 24.0 Å². The molecule has 4 nitrogen and oxygen atoms in total. The van der Waals surface area contributed by atoms with Gasteiger partial charge in [-0.3, -0.25) is 9.48 Å². The lowest BCUT2D eigenvalue weighted by Gasteiger charge is -2.12. The van der Waals surface area contributed by atoms with E-state index >= 15 is 0 Å². The summed E-state index contributed by atoms with van der Waals surface area (Å²) in [5.41, 5.74) is -0.418. The molecule has 0 amide bonds. The van der Waals surface area contributed by atoms with E-state index in [1.54, 1.807) is 6.92 Å². The van der Waals surface area contributed by atoms with Crippen molar-refractivity contribution >= 4 is 5.97 Å².